The first kappa shape index (κ1) is 13.0. The van der Waals surface area contributed by atoms with Gasteiger partial charge >= 0.3 is 6.30 Å². The zero-order valence-corrected chi connectivity index (χ0v) is 7.57. The second-order valence-electron chi connectivity index (χ2n) is 2.23. The van der Waals surface area contributed by atoms with Gasteiger partial charge in [0.25, 0.3) is 0 Å². The number of nitrogens with one attached hydrogen (secondary N) is 1. The van der Waals surface area contributed by atoms with Crippen LogP contribution in [-0.2, 0) is 0 Å². The average Bonchev–Trinajstić information content (AvgIpc) is 2.04. The van der Waals surface area contributed by atoms with E-state index in [0.29, 0.717) is 0 Å². The van der Waals surface area contributed by atoms with Crippen LogP contribution >= 0.6 is 12.4 Å². The maximum atomic E-state index is 12.2. The van der Waals surface area contributed by atoms with E-state index in [1.165, 1.54) is 29.7 Å². The van der Waals surface area contributed by atoms with Gasteiger partial charge in [0.1, 0.15) is 0 Å². The van der Waals surface area contributed by atoms with Crippen LogP contribution in [0.2, 0.25) is 0 Å². The van der Waals surface area contributed by atoms with Gasteiger partial charge in [0, 0.05) is 5.23 Å². The minimum Gasteiger partial charge on any atom is -0.284 e. The predicted molar refractivity (Wildman–Crippen MR) is 46.3 cm³/mol. The molecule has 1 rings (SSSR count). The van der Waals surface area contributed by atoms with E-state index in [2.05, 4.69) is 0 Å². The molecule has 0 unspecified atom stereocenters. The average molecular weight is 231 g/mol. The number of hydrogen-bond acceptors (Lipinski definition) is 2. The summed E-state index contributed by atoms with van der Waals surface area (Å²) in [6.07, 6.45) is -5.03. The number of hydrogen-bond donors (Lipinski definition) is 1. The molecule has 1 N–H and O–H groups in total. The lowest BCUT2D eigenvalue weighted by atomic mass is 10.3. The maximum absolute atomic E-state index is 12.2. The second kappa shape index (κ2) is 5.02. The van der Waals surface area contributed by atoms with E-state index in [1.54, 1.807) is 6.07 Å². The van der Waals surface area contributed by atoms with E-state index in [1.807, 2.05) is 0 Å². The van der Waals surface area contributed by atoms with Crippen molar-refractivity contribution >= 4 is 18.1 Å². The lowest BCUT2D eigenvalue weighted by molar-refractivity contribution is -0.301. The first-order valence-corrected chi connectivity index (χ1v) is 3.34. The van der Waals surface area contributed by atoms with Crippen molar-refractivity contribution in [2.24, 2.45) is 0 Å². The fourth-order valence-electron chi connectivity index (χ4n) is 0.689. The Morgan fingerprint density at radius 1 is 1.07 bits per heavy atom. The van der Waals surface area contributed by atoms with Gasteiger partial charge in [0.05, 0.1) is 5.69 Å². The number of benzene rings is 1. The Balaban J connectivity index is 0.00000169. The second-order valence-corrected chi connectivity index (χ2v) is 2.23. The quantitative estimate of drug-likeness (QED) is 0.363. The van der Waals surface area contributed by atoms with Gasteiger partial charge in [-0.3, -0.25) is 5.43 Å². The van der Waals surface area contributed by atoms with Gasteiger partial charge in [-0.25, -0.2) is 0 Å². The summed E-state index contributed by atoms with van der Waals surface area (Å²) in [5, 5.41) is -1.40. The molecule has 1 aromatic rings. The zero-order valence-electron chi connectivity index (χ0n) is 6.75. The third kappa shape index (κ3) is 3.80. The molecule has 14 heavy (non-hydrogen) atoms. The van der Waals surface area contributed by atoms with E-state index in [-0.39, 0.29) is 18.1 Å². The van der Waals surface area contributed by atoms with Crippen LogP contribution in [0.4, 0.5) is 23.3 Å². The van der Waals surface area contributed by atoms with Gasteiger partial charge in [0.15, 0.2) is 0 Å². The molecule has 80 valence electrons. The molecule has 0 heterocycles. The fraction of sp³-hybridized carbons (Fsp3) is 0.143. The third-order valence-electron chi connectivity index (χ3n) is 1.22. The van der Waals surface area contributed by atoms with Crippen molar-refractivity contribution in [1.29, 1.82) is 0 Å². The summed E-state index contributed by atoms with van der Waals surface area (Å²) >= 11 is 0. The Morgan fingerprint density at radius 2 is 1.57 bits per heavy atom. The molecule has 0 aliphatic rings. The Morgan fingerprint density at radius 3 is 2.00 bits per heavy atom. The van der Waals surface area contributed by atoms with Crippen molar-refractivity contribution in [3.8, 4) is 0 Å². The van der Waals surface area contributed by atoms with Crippen LogP contribution in [0.15, 0.2) is 30.3 Å². The Bertz CT molecular complexity index is 264. The molecule has 0 saturated carbocycles. The zero-order chi connectivity index (χ0) is 9.90. The third-order valence-corrected chi connectivity index (χ3v) is 1.22. The van der Waals surface area contributed by atoms with Crippen molar-refractivity contribution in [3.05, 3.63) is 30.3 Å². The van der Waals surface area contributed by atoms with Gasteiger partial charge in [-0.05, 0) is 12.1 Å². The molecule has 0 bridgehead atoms. The maximum Gasteiger partial charge on any atom is 0.506 e. The summed E-state index contributed by atoms with van der Waals surface area (Å²) in [6.45, 7) is 0. The first-order valence-electron chi connectivity index (χ1n) is 3.34. The van der Waals surface area contributed by atoms with Crippen LogP contribution < -0.4 is 5.43 Å². The standard InChI is InChI=1S/C7H6F4N2.ClH/c8-7(9,10)13(11)12-6-4-2-1-3-5-6;/h1-5,12H;1H. The van der Waals surface area contributed by atoms with E-state index in [4.69, 9.17) is 0 Å². The lowest BCUT2D eigenvalue weighted by Crippen LogP contribution is -2.35. The van der Waals surface area contributed by atoms with Crippen molar-refractivity contribution in [2.45, 2.75) is 6.30 Å². The molecule has 0 aliphatic carbocycles. The number of anilines is 1. The highest BCUT2D eigenvalue weighted by Crippen LogP contribution is 2.22. The Labute approximate surface area is 83.8 Å². The summed E-state index contributed by atoms with van der Waals surface area (Å²) in [5.41, 5.74) is 1.55. The van der Waals surface area contributed by atoms with E-state index < -0.39 is 11.5 Å². The van der Waals surface area contributed by atoms with Crippen LogP contribution in [0.5, 0.6) is 0 Å². The largest absolute Gasteiger partial charge is 0.506 e. The molecule has 7 heteroatoms. The molecule has 0 saturated heterocycles. The molecule has 0 spiro atoms. The minimum atomic E-state index is -5.03. The topological polar surface area (TPSA) is 15.3 Å². The van der Waals surface area contributed by atoms with Crippen LogP contribution in [-0.4, -0.2) is 11.5 Å². The number of alkyl halides is 3. The smallest absolute Gasteiger partial charge is 0.284 e. The number of halogens is 5. The molecule has 2 nitrogen and oxygen atoms in total. The number of rotatable bonds is 2. The van der Waals surface area contributed by atoms with Crippen LogP contribution in [0.1, 0.15) is 0 Å². The molecule has 0 atom stereocenters. The highest BCUT2D eigenvalue weighted by molar-refractivity contribution is 5.85. The van der Waals surface area contributed by atoms with E-state index in [9.17, 15) is 17.7 Å². The van der Waals surface area contributed by atoms with Gasteiger partial charge in [-0.1, -0.05) is 18.2 Å². The molecule has 1 aromatic carbocycles. The molecular weight excluding hydrogens is 224 g/mol. The Kier molecular flexibility index (Phi) is 4.65. The molecule has 0 fully saturated rings. The van der Waals surface area contributed by atoms with Gasteiger partial charge in [-0.15, -0.1) is 16.9 Å². The molecule has 0 aliphatic heterocycles. The highest BCUT2D eigenvalue weighted by Gasteiger charge is 2.38. The van der Waals surface area contributed by atoms with Crippen molar-refractivity contribution in [1.82, 2.24) is 5.23 Å². The first-order chi connectivity index (χ1) is 6.00. The summed E-state index contributed by atoms with van der Waals surface area (Å²) in [7, 11) is 0. The molecular formula is C7H7ClF4N2. The summed E-state index contributed by atoms with van der Waals surface area (Å²) in [6, 6.07) is 7.23. The highest BCUT2D eigenvalue weighted by atomic mass is 35.5. The number of nitrogens with zero attached hydrogens (tertiary/aromatic N) is 1. The van der Waals surface area contributed by atoms with Crippen molar-refractivity contribution in [3.63, 3.8) is 0 Å². The van der Waals surface area contributed by atoms with Crippen LogP contribution in [0.25, 0.3) is 0 Å². The van der Waals surface area contributed by atoms with Gasteiger partial charge in [-0.2, -0.15) is 13.2 Å². The summed E-state index contributed by atoms with van der Waals surface area (Å²) in [5.74, 6) is 0. The van der Waals surface area contributed by atoms with E-state index >= 15 is 0 Å². The lowest BCUT2D eigenvalue weighted by Gasteiger charge is -2.16. The minimum absolute atomic E-state index is 0. The summed E-state index contributed by atoms with van der Waals surface area (Å²) in [4.78, 5) is 0. The van der Waals surface area contributed by atoms with E-state index in [0.717, 1.165) is 0 Å². The van der Waals surface area contributed by atoms with Gasteiger partial charge in [0.2, 0.25) is 0 Å². The predicted octanol–water partition coefficient (Wildman–Crippen LogP) is 3.14. The number of para-hydroxylation sites is 1. The van der Waals surface area contributed by atoms with Crippen molar-refractivity contribution < 1.29 is 17.7 Å². The van der Waals surface area contributed by atoms with Crippen molar-refractivity contribution in [2.75, 3.05) is 5.43 Å². The van der Waals surface area contributed by atoms with Gasteiger partial charge < -0.3 is 0 Å². The van der Waals surface area contributed by atoms with Crippen LogP contribution in [0, 0.1) is 0 Å². The monoisotopic (exact) mass is 230 g/mol. The molecule has 0 amide bonds. The summed E-state index contributed by atoms with van der Waals surface area (Å²) < 4.78 is 47.1. The van der Waals surface area contributed by atoms with Crippen LogP contribution in [0.3, 0.4) is 0 Å². The SMILES string of the molecule is Cl.FN(Nc1ccccc1)C(F)(F)F. The number of hydrazine groups is 1. The normalized spacial score (nSPS) is 10.9. The molecule has 0 aromatic heterocycles. The molecule has 0 radical (unpaired) electrons. The fourth-order valence-corrected chi connectivity index (χ4v) is 0.689. The Hall–Kier alpha value is -1.01.